The zero-order chi connectivity index (χ0) is 71.8. The van der Waals surface area contributed by atoms with Crippen LogP contribution in [0.1, 0.15) is 231 Å². The number of esters is 2. The first kappa shape index (κ1) is 74.8. The average Bonchev–Trinajstić information content (AvgIpc) is 1.05. The molecule has 0 radical (unpaired) electrons. The van der Waals surface area contributed by atoms with Crippen LogP contribution in [0.3, 0.4) is 0 Å². The third-order valence-corrected chi connectivity index (χ3v) is 36.5. The van der Waals surface area contributed by atoms with E-state index in [0.717, 1.165) is 64.7 Å². The van der Waals surface area contributed by atoms with Gasteiger partial charge in [-0.3, -0.25) is 0 Å². The number of rotatable bonds is 14. The summed E-state index contributed by atoms with van der Waals surface area (Å²) in [7, 11) is -2.88. The molecule has 4 N–H and O–H groups in total. The van der Waals surface area contributed by atoms with E-state index < -0.39 is 19.7 Å². The SMILES string of the molecule is COC(=O)c1ccc(C2=CC[C@]3(C)[C@H]4CC[C@@H]5[C@H]6[C@H](C(C)O)CC[C@]6(NCCN6CCS(=O)(=O)CC6)CC[C@@]5(C)[C@]4(C)CC[C@H]3C2(C)C)cc1.COC(=O)c1ccc(C2=CC[C@]3(C)[C@H]4CC[C@@H]5[C@H]6[C@H](C(C)O)CC[C@]6(NCCN6CCS(=O)(=O)CC6)CC[C@@]5(C)[C@]4(C)CC[C@H]3C2(C)C)cc1. The summed E-state index contributed by atoms with van der Waals surface area (Å²) in [5.41, 5.74) is 7.99. The van der Waals surface area contributed by atoms with Crippen molar-refractivity contribution >= 4 is 42.8 Å². The normalized spacial score (nSPS) is 42.6. The Morgan fingerprint density at radius 1 is 0.470 bits per heavy atom. The fourth-order valence-corrected chi connectivity index (χ4v) is 30.4. The van der Waals surface area contributed by atoms with E-state index >= 15 is 0 Å². The highest BCUT2D eigenvalue weighted by Crippen LogP contribution is 2.79. The predicted molar refractivity (Wildman–Crippen MR) is 401 cm³/mol. The van der Waals surface area contributed by atoms with Gasteiger partial charge in [0, 0.05) is 63.4 Å². The van der Waals surface area contributed by atoms with Crippen molar-refractivity contribution in [2.45, 2.75) is 222 Å². The molecule has 2 aromatic rings. The number of fused-ring (bicyclic) bond motifs is 14. The van der Waals surface area contributed by atoms with E-state index in [0.29, 0.717) is 96.5 Å². The monoisotopic (exact) mass is 1420 g/mol. The highest BCUT2D eigenvalue weighted by molar-refractivity contribution is 7.91. The predicted octanol–water partition coefficient (Wildman–Crippen LogP) is 14.0. The maximum atomic E-state index is 12.1. The standard InChI is InChI=1S/2C42H64N2O5S/c2*1-28(45)31-14-19-42(43-22-23-44-24-26-50(47,48)27-25-44)21-20-40(5)33(36(31)42)12-13-35-39(4)17-15-32(29-8-10-30(11-9-29)37(46)49-7)38(2,3)34(39)16-18-41(35,40)6/h2*8-11,15,28,31,33-36,43,45H,12-14,16-27H2,1-7H3/t2*28?,31-,33+,34-,35+,36+,39-,40+,41+,42-/m00/s1. The third-order valence-electron chi connectivity index (χ3n) is 33.3. The molecule has 0 bridgehead atoms. The van der Waals surface area contributed by atoms with E-state index in [9.17, 15) is 36.6 Å². The molecule has 0 aromatic heterocycles. The van der Waals surface area contributed by atoms with Gasteiger partial charge < -0.3 is 40.1 Å². The molecule has 2 heterocycles. The van der Waals surface area contributed by atoms with Gasteiger partial charge >= 0.3 is 11.9 Å². The van der Waals surface area contributed by atoms with Gasteiger partial charge in [0.1, 0.15) is 0 Å². The molecule has 2 aliphatic heterocycles. The van der Waals surface area contributed by atoms with Crippen molar-refractivity contribution < 1.29 is 46.1 Å². The summed E-state index contributed by atoms with van der Waals surface area (Å²) >= 11 is 0. The smallest absolute Gasteiger partial charge is 0.337 e. The van der Waals surface area contributed by atoms with Gasteiger partial charge in [-0.1, -0.05) is 106 Å². The fourth-order valence-electron chi connectivity index (χ4n) is 27.9. The largest absolute Gasteiger partial charge is 0.465 e. The Kier molecular flexibility index (Phi) is 20.0. The molecule has 8 saturated carbocycles. The minimum Gasteiger partial charge on any atom is -0.465 e. The van der Waals surface area contributed by atoms with Crippen LogP contribution in [-0.2, 0) is 29.1 Å². The van der Waals surface area contributed by atoms with Gasteiger partial charge in [-0.05, 0) is 278 Å². The van der Waals surface area contributed by atoms with E-state index in [1.165, 1.54) is 114 Å². The highest BCUT2D eigenvalue weighted by Gasteiger charge is 2.73. The summed E-state index contributed by atoms with van der Waals surface area (Å²) in [4.78, 5) is 28.9. The first-order valence-corrected chi connectivity index (χ1v) is 43.2. The van der Waals surface area contributed by atoms with E-state index in [1.54, 1.807) is 0 Å². The number of ether oxygens (including phenoxy) is 2. The molecule has 2 unspecified atom stereocenters. The molecule has 2 saturated heterocycles. The molecule has 10 fully saturated rings. The van der Waals surface area contributed by atoms with Gasteiger partial charge in [0.2, 0.25) is 0 Å². The molecular formula is C84H128N4O10S2. The lowest BCUT2D eigenvalue weighted by molar-refractivity contribution is -0.222. The molecule has 14 rings (SSSR count). The second-order valence-corrected chi connectivity index (χ2v) is 42.3. The van der Waals surface area contributed by atoms with Crippen LogP contribution >= 0.6 is 0 Å². The molecule has 12 aliphatic rings. The number of nitrogens with one attached hydrogen (secondary N) is 2. The van der Waals surface area contributed by atoms with Gasteiger partial charge in [0.05, 0.1) is 60.6 Å². The number of hydrogen-bond donors (Lipinski definition) is 4. The van der Waals surface area contributed by atoms with Gasteiger partial charge in [-0.2, -0.15) is 0 Å². The lowest BCUT2D eigenvalue weighted by Crippen LogP contribution is -2.68. The van der Waals surface area contributed by atoms with Crippen LogP contribution < -0.4 is 10.6 Å². The van der Waals surface area contributed by atoms with Gasteiger partial charge in [-0.15, -0.1) is 0 Å². The van der Waals surface area contributed by atoms with Gasteiger partial charge in [0.15, 0.2) is 19.7 Å². The zero-order valence-corrected chi connectivity index (χ0v) is 65.4. The minimum atomic E-state index is -2.88. The third kappa shape index (κ3) is 12.2. The zero-order valence-electron chi connectivity index (χ0n) is 63.8. The number of aliphatic hydroxyl groups is 2. The average molecular weight is 1420 g/mol. The summed E-state index contributed by atoms with van der Waals surface area (Å²) in [6.45, 7) is 36.1. The Balaban J connectivity index is 0.000000179. The minimum absolute atomic E-state index is 0.0198. The molecule has 100 heavy (non-hydrogen) atoms. The van der Waals surface area contributed by atoms with E-state index in [-0.39, 0.29) is 102 Å². The molecule has 2 aromatic carbocycles. The lowest BCUT2D eigenvalue weighted by atomic mass is 9.33. The maximum absolute atomic E-state index is 12.1. The van der Waals surface area contributed by atoms with Gasteiger partial charge in [0.25, 0.3) is 0 Å². The first-order chi connectivity index (χ1) is 47.0. The van der Waals surface area contributed by atoms with Crippen molar-refractivity contribution in [3.8, 4) is 0 Å². The number of carbonyl (C=O) groups is 2. The molecular weight excluding hydrogens is 1290 g/mol. The maximum Gasteiger partial charge on any atom is 0.337 e. The fraction of sp³-hybridized carbons (Fsp3) is 0.786. The Labute approximate surface area is 602 Å². The summed E-state index contributed by atoms with van der Waals surface area (Å²) < 4.78 is 58.0. The van der Waals surface area contributed by atoms with Crippen LogP contribution in [0.5, 0.6) is 0 Å². The first-order valence-electron chi connectivity index (χ1n) is 39.5. The number of aliphatic hydroxyl groups excluding tert-OH is 2. The topological polar surface area (TPSA) is 192 Å². The highest BCUT2D eigenvalue weighted by atomic mass is 32.2. The van der Waals surface area contributed by atoms with Crippen molar-refractivity contribution in [3.63, 3.8) is 0 Å². The van der Waals surface area contributed by atoms with Crippen LogP contribution in [0.2, 0.25) is 0 Å². The second-order valence-electron chi connectivity index (χ2n) is 37.7. The van der Waals surface area contributed by atoms with Crippen LogP contribution in [-0.4, -0.2) is 162 Å². The molecule has 556 valence electrons. The lowest BCUT2D eigenvalue weighted by Gasteiger charge is -2.72. The molecule has 20 atom stereocenters. The van der Waals surface area contributed by atoms with E-state index in [1.807, 2.05) is 38.1 Å². The summed E-state index contributed by atoms with van der Waals surface area (Å²) in [5, 5.41) is 30.8. The van der Waals surface area contributed by atoms with Crippen molar-refractivity contribution in [1.29, 1.82) is 0 Å². The second kappa shape index (κ2) is 26.8. The Hall–Kier alpha value is -3.48. The summed E-state index contributed by atoms with van der Waals surface area (Å²) in [6.07, 6.45) is 25.9. The van der Waals surface area contributed by atoms with Crippen LogP contribution in [0.15, 0.2) is 60.7 Å². The molecule has 0 spiro atoms. The van der Waals surface area contributed by atoms with Crippen LogP contribution in [0.25, 0.3) is 11.1 Å². The summed E-state index contributed by atoms with van der Waals surface area (Å²) in [5.74, 6) is 5.76. The Bertz CT molecular complexity index is 3420. The van der Waals surface area contributed by atoms with Crippen molar-refractivity contribution in [2.24, 2.45) is 102 Å². The van der Waals surface area contributed by atoms with Gasteiger partial charge in [-0.25, -0.2) is 26.4 Å². The number of hydrogen-bond acceptors (Lipinski definition) is 14. The van der Waals surface area contributed by atoms with Crippen molar-refractivity contribution in [1.82, 2.24) is 20.4 Å². The van der Waals surface area contributed by atoms with E-state index in [2.05, 4.69) is 126 Å². The van der Waals surface area contributed by atoms with Crippen LogP contribution in [0, 0.1) is 102 Å². The Morgan fingerprint density at radius 2 is 0.820 bits per heavy atom. The molecule has 0 amide bonds. The number of sulfone groups is 2. The number of carbonyl (C=O) groups excluding carboxylic acids is 2. The summed E-state index contributed by atoms with van der Waals surface area (Å²) in [6, 6.07) is 16.1. The van der Waals surface area contributed by atoms with Crippen LogP contribution in [0.4, 0.5) is 0 Å². The molecule has 14 nitrogen and oxygen atoms in total. The Morgan fingerprint density at radius 3 is 1.15 bits per heavy atom. The van der Waals surface area contributed by atoms with E-state index in [4.69, 9.17) is 9.47 Å². The number of nitrogens with zero attached hydrogens (tertiary/aromatic N) is 2. The van der Waals surface area contributed by atoms with Crippen molar-refractivity contribution in [2.75, 3.05) is 89.6 Å². The number of benzene rings is 2. The molecule has 10 aliphatic carbocycles. The number of methoxy groups -OCH3 is 2. The quantitative estimate of drug-likeness (QED) is 0.131. The number of allylic oxidation sites excluding steroid dienone is 4. The molecule has 16 heteroatoms. The van der Waals surface area contributed by atoms with Crippen molar-refractivity contribution in [3.05, 3.63) is 82.9 Å².